The van der Waals surface area contributed by atoms with E-state index >= 15 is 0 Å². The third-order valence-electron chi connectivity index (χ3n) is 2.61. The van der Waals surface area contributed by atoms with Gasteiger partial charge in [-0.3, -0.25) is 0 Å². The minimum Gasteiger partial charge on any atom is -0.247 e. The van der Waals surface area contributed by atoms with Crippen LogP contribution in [0, 0.1) is 17.3 Å². The Kier molecular flexibility index (Phi) is 2.02. The fourth-order valence-electron chi connectivity index (χ4n) is 2.04. The van der Waals surface area contributed by atoms with E-state index in [1.165, 1.54) is 0 Å². The van der Waals surface area contributed by atoms with Gasteiger partial charge in [-0.1, -0.05) is 27.7 Å². The summed E-state index contributed by atoms with van der Waals surface area (Å²) in [4.78, 5) is 0. The van der Waals surface area contributed by atoms with Crippen molar-refractivity contribution in [3.05, 3.63) is 6.42 Å². The van der Waals surface area contributed by atoms with Gasteiger partial charge < -0.3 is 0 Å². The van der Waals surface area contributed by atoms with Crippen LogP contribution in [0.2, 0.25) is 0 Å². The summed E-state index contributed by atoms with van der Waals surface area (Å²) in [5, 5.41) is 0. The third kappa shape index (κ3) is 1.94. The summed E-state index contributed by atoms with van der Waals surface area (Å²) < 4.78 is 13.3. The number of alkyl halides is 1. The van der Waals surface area contributed by atoms with Crippen molar-refractivity contribution in [3.8, 4) is 0 Å². The molecule has 1 unspecified atom stereocenters. The maximum atomic E-state index is 13.3. The highest BCUT2D eigenvalue weighted by atomic mass is 19.1. The van der Waals surface area contributed by atoms with Crippen LogP contribution in [-0.4, -0.2) is 6.17 Å². The first-order chi connectivity index (χ1) is 4.83. The van der Waals surface area contributed by atoms with Gasteiger partial charge in [-0.15, -0.1) is 0 Å². The highest BCUT2D eigenvalue weighted by molar-refractivity contribution is 5.03. The molecular formula is C10H18F. The van der Waals surface area contributed by atoms with E-state index in [2.05, 4.69) is 20.3 Å². The van der Waals surface area contributed by atoms with Gasteiger partial charge in [0.15, 0.2) is 0 Å². The molecule has 0 spiro atoms. The Morgan fingerprint density at radius 1 is 1.27 bits per heavy atom. The maximum Gasteiger partial charge on any atom is 0.105 e. The summed E-state index contributed by atoms with van der Waals surface area (Å²) >= 11 is 0. The monoisotopic (exact) mass is 157 g/mol. The van der Waals surface area contributed by atoms with Crippen molar-refractivity contribution in [2.45, 2.75) is 46.7 Å². The molecule has 1 radical (unpaired) electrons. The molecule has 65 valence electrons. The average molecular weight is 157 g/mol. The van der Waals surface area contributed by atoms with Crippen molar-refractivity contribution in [2.75, 3.05) is 0 Å². The zero-order valence-electron chi connectivity index (χ0n) is 7.95. The van der Waals surface area contributed by atoms with Crippen molar-refractivity contribution >= 4 is 0 Å². The fraction of sp³-hybridized carbons (Fsp3) is 0.900. The summed E-state index contributed by atoms with van der Waals surface area (Å²) in [6, 6.07) is 0. The summed E-state index contributed by atoms with van der Waals surface area (Å²) in [5.74, 6) is 0. The first-order valence-electron chi connectivity index (χ1n) is 4.35. The van der Waals surface area contributed by atoms with Gasteiger partial charge in [0, 0.05) is 0 Å². The van der Waals surface area contributed by atoms with E-state index in [0.29, 0.717) is 0 Å². The second-order valence-electron chi connectivity index (χ2n) is 4.96. The molecule has 1 fully saturated rings. The molecule has 0 N–H and O–H groups in total. The standard InChI is InChI=1S/C10H18F/c1-9(2)6-5-8(11)10(3,4)7-9/h7-8H,5-6H2,1-4H3. The van der Waals surface area contributed by atoms with Crippen LogP contribution >= 0.6 is 0 Å². The quantitative estimate of drug-likeness (QED) is 0.505. The van der Waals surface area contributed by atoms with Crippen LogP contribution < -0.4 is 0 Å². The molecule has 1 atom stereocenters. The van der Waals surface area contributed by atoms with Crippen molar-refractivity contribution in [1.29, 1.82) is 0 Å². The molecule has 0 amide bonds. The lowest BCUT2D eigenvalue weighted by Crippen LogP contribution is -2.38. The highest BCUT2D eigenvalue weighted by Crippen LogP contribution is 2.45. The Labute approximate surface area is 69.2 Å². The van der Waals surface area contributed by atoms with Crippen LogP contribution in [0.15, 0.2) is 0 Å². The molecule has 1 aliphatic carbocycles. The Hall–Kier alpha value is -0.0700. The maximum absolute atomic E-state index is 13.3. The molecule has 11 heavy (non-hydrogen) atoms. The zero-order valence-corrected chi connectivity index (χ0v) is 7.95. The van der Waals surface area contributed by atoms with Gasteiger partial charge in [-0.25, -0.2) is 4.39 Å². The van der Waals surface area contributed by atoms with Gasteiger partial charge in [0.05, 0.1) is 0 Å². The molecule has 1 heteroatoms. The Balaban J connectivity index is 2.67. The number of hydrogen-bond acceptors (Lipinski definition) is 0. The summed E-state index contributed by atoms with van der Waals surface area (Å²) in [6.45, 7) is 8.33. The molecule has 0 aromatic heterocycles. The lowest BCUT2D eigenvalue weighted by Gasteiger charge is -2.42. The summed E-state index contributed by atoms with van der Waals surface area (Å²) in [6.07, 6.45) is 3.22. The minimum absolute atomic E-state index is 0.220. The Bertz CT molecular complexity index is 147. The smallest absolute Gasteiger partial charge is 0.105 e. The van der Waals surface area contributed by atoms with Crippen molar-refractivity contribution < 1.29 is 4.39 Å². The number of halogens is 1. The second-order valence-corrected chi connectivity index (χ2v) is 4.96. The Morgan fingerprint density at radius 2 is 1.82 bits per heavy atom. The van der Waals surface area contributed by atoms with Crippen molar-refractivity contribution in [2.24, 2.45) is 10.8 Å². The SMILES string of the molecule is CC1(C)[CH]C(C)(C)C(F)CC1. The average Bonchev–Trinajstić information content (AvgIpc) is 1.77. The molecule has 1 aliphatic rings. The molecule has 0 nitrogen and oxygen atoms in total. The molecule has 0 bridgehead atoms. The molecular weight excluding hydrogens is 139 g/mol. The third-order valence-corrected chi connectivity index (χ3v) is 2.61. The predicted molar refractivity (Wildman–Crippen MR) is 46.0 cm³/mol. The van der Waals surface area contributed by atoms with Crippen LogP contribution in [0.3, 0.4) is 0 Å². The molecule has 0 saturated heterocycles. The van der Waals surface area contributed by atoms with Crippen LogP contribution in [0.4, 0.5) is 4.39 Å². The Morgan fingerprint density at radius 3 is 2.18 bits per heavy atom. The lowest BCUT2D eigenvalue weighted by atomic mass is 9.64. The minimum atomic E-state index is -0.643. The first-order valence-corrected chi connectivity index (χ1v) is 4.35. The van der Waals surface area contributed by atoms with Gasteiger partial charge in [0.2, 0.25) is 0 Å². The van der Waals surface area contributed by atoms with Crippen LogP contribution in [0.25, 0.3) is 0 Å². The normalized spacial score (nSPS) is 35.2. The highest BCUT2D eigenvalue weighted by Gasteiger charge is 2.40. The second kappa shape index (κ2) is 2.46. The lowest BCUT2D eigenvalue weighted by molar-refractivity contribution is 0.0834. The molecule has 0 aromatic carbocycles. The van der Waals surface area contributed by atoms with Gasteiger partial charge in [0.25, 0.3) is 0 Å². The fourth-order valence-corrected chi connectivity index (χ4v) is 2.04. The van der Waals surface area contributed by atoms with Crippen molar-refractivity contribution in [3.63, 3.8) is 0 Å². The molecule has 0 aliphatic heterocycles. The number of hydrogen-bond donors (Lipinski definition) is 0. The van der Waals surface area contributed by atoms with E-state index in [4.69, 9.17) is 0 Å². The van der Waals surface area contributed by atoms with Gasteiger partial charge in [-0.2, -0.15) is 0 Å². The van der Waals surface area contributed by atoms with Crippen LogP contribution in [-0.2, 0) is 0 Å². The van der Waals surface area contributed by atoms with Gasteiger partial charge >= 0.3 is 0 Å². The van der Waals surface area contributed by atoms with E-state index < -0.39 is 6.17 Å². The number of rotatable bonds is 0. The van der Waals surface area contributed by atoms with E-state index in [0.717, 1.165) is 12.8 Å². The van der Waals surface area contributed by atoms with Crippen LogP contribution in [0.1, 0.15) is 40.5 Å². The van der Waals surface area contributed by atoms with E-state index in [1.807, 2.05) is 13.8 Å². The zero-order chi connectivity index (χ0) is 8.70. The molecule has 0 aromatic rings. The first kappa shape index (κ1) is 9.02. The molecule has 0 heterocycles. The van der Waals surface area contributed by atoms with Gasteiger partial charge in [0.1, 0.15) is 6.17 Å². The molecule has 1 saturated carbocycles. The van der Waals surface area contributed by atoms with E-state index in [-0.39, 0.29) is 10.8 Å². The topological polar surface area (TPSA) is 0 Å². The predicted octanol–water partition coefficient (Wildman–Crippen LogP) is 3.37. The van der Waals surface area contributed by atoms with E-state index in [9.17, 15) is 4.39 Å². The largest absolute Gasteiger partial charge is 0.247 e. The molecule has 1 rings (SSSR count). The summed E-state index contributed by atoms with van der Waals surface area (Å²) in [7, 11) is 0. The van der Waals surface area contributed by atoms with Crippen molar-refractivity contribution in [1.82, 2.24) is 0 Å². The van der Waals surface area contributed by atoms with E-state index in [1.54, 1.807) is 0 Å². The van der Waals surface area contributed by atoms with Gasteiger partial charge in [-0.05, 0) is 30.1 Å². The van der Waals surface area contributed by atoms with Crippen LogP contribution in [0.5, 0.6) is 0 Å². The summed E-state index contributed by atoms with van der Waals surface area (Å²) in [5.41, 5.74) is 0.00778.